The average molecular weight is 547 g/mol. The minimum atomic E-state index is 0. The van der Waals surface area contributed by atoms with E-state index in [0.29, 0.717) is 43.2 Å². The van der Waals surface area contributed by atoms with Crippen molar-refractivity contribution in [3.8, 4) is 0 Å². The molecule has 3 saturated heterocycles. The standard InChI is InChI=1S/C22H37N5O3.HI/c1-2-23-21(24-19-17-4-13-30-20(17)22(19)5-3-6-22)27-9-7-25(8-10-27)16-18(28)26-11-14-29-15-12-26;/h17,19-20H,2-16H2,1H3,(H,23,24);1H. The molecule has 5 fully saturated rings. The number of nitrogens with one attached hydrogen (secondary N) is 1. The minimum Gasteiger partial charge on any atom is -0.378 e. The van der Waals surface area contributed by atoms with Crippen LogP contribution >= 0.6 is 24.0 Å². The molecule has 176 valence electrons. The third kappa shape index (κ3) is 4.44. The lowest BCUT2D eigenvalue weighted by Gasteiger charge is -2.63. The van der Waals surface area contributed by atoms with Gasteiger partial charge in [-0.3, -0.25) is 14.7 Å². The highest BCUT2D eigenvalue weighted by atomic mass is 127. The van der Waals surface area contributed by atoms with Crippen LogP contribution in [0.5, 0.6) is 0 Å². The molecule has 3 heterocycles. The molecule has 3 unspecified atom stereocenters. The van der Waals surface area contributed by atoms with Crippen molar-refractivity contribution in [1.29, 1.82) is 0 Å². The average Bonchev–Trinajstić information content (AvgIpc) is 3.16. The molecule has 1 spiro atoms. The maximum absolute atomic E-state index is 12.6. The Labute approximate surface area is 203 Å². The second kappa shape index (κ2) is 10.1. The normalized spacial score (nSPS) is 32.7. The minimum absolute atomic E-state index is 0. The van der Waals surface area contributed by atoms with Crippen molar-refractivity contribution < 1.29 is 14.3 Å². The van der Waals surface area contributed by atoms with Crippen LogP contribution in [0.2, 0.25) is 0 Å². The maximum atomic E-state index is 12.6. The summed E-state index contributed by atoms with van der Waals surface area (Å²) in [5.74, 6) is 1.96. The monoisotopic (exact) mass is 547 g/mol. The van der Waals surface area contributed by atoms with Crippen molar-refractivity contribution in [3.63, 3.8) is 0 Å². The first-order chi connectivity index (χ1) is 14.7. The van der Waals surface area contributed by atoms with Crippen molar-refractivity contribution in [2.45, 2.75) is 44.8 Å². The predicted octanol–water partition coefficient (Wildman–Crippen LogP) is 1.00. The van der Waals surface area contributed by atoms with Gasteiger partial charge in [-0.25, -0.2) is 0 Å². The van der Waals surface area contributed by atoms with Gasteiger partial charge in [0.2, 0.25) is 5.91 Å². The first-order valence-corrected chi connectivity index (χ1v) is 12.0. The van der Waals surface area contributed by atoms with Gasteiger partial charge in [0, 0.05) is 69.8 Å². The molecule has 5 rings (SSSR count). The number of piperazine rings is 1. The molecule has 0 radical (unpaired) electrons. The summed E-state index contributed by atoms with van der Waals surface area (Å²) in [5, 5.41) is 3.88. The Hall–Kier alpha value is -0.650. The van der Waals surface area contributed by atoms with Gasteiger partial charge in [-0.2, -0.15) is 0 Å². The number of aliphatic imine (C=N–C) groups is 1. The fourth-order valence-corrected chi connectivity index (χ4v) is 6.20. The number of rotatable bonds is 4. The Kier molecular flexibility index (Phi) is 7.65. The SMILES string of the molecule is CCN=C(NC1C2CCOC2C12CCC2)N1CCN(CC(=O)N2CCOCC2)CC1.I. The molecular weight excluding hydrogens is 509 g/mol. The Bertz CT molecular complexity index is 660. The van der Waals surface area contributed by atoms with E-state index in [0.717, 1.165) is 58.4 Å². The highest BCUT2D eigenvalue weighted by Crippen LogP contribution is 2.62. The molecule has 31 heavy (non-hydrogen) atoms. The van der Waals surface area contributed by atoms with Gasteiger partial charge in [-0.1, -0.05) is 6.42 Å². The number of halogens is 1. The van der Waals surface area contributed by atoms with Crippen LogP contribution in [-0.2, 0) is 14.3 Å². The third-order valence-corrected chi connectivity index (χ3v) is 8.02. The second-order valence-electron chi connectivity index (χ2n) is 9.51. The number of ether oxygens (including phenoxy) is 2. The molecule has 2 aliphatic carbocycles. The second-order valence-corrected chi connectivity index (χ2v) is 9.51. The zero-order chi connectivity index (χ0) is 20.6. The number of amides is 1. The van der Waals surface area contributed by atoms with Crippen LogP contribution in [0.15, 0.2) is 4.99 Å². The van der Waals surface area contributed by atoms with Crippen LogP contribution in [-0.4, -0.2) is 111 Å². The van der Waals surface area contributed by atoms with E-state index >= 15 is 0 Å². The number of nitrogens with zero attached hydrogens (tertiary/aromatic N) is 4. The van der Waals surface area contributed by atoms with Gasteiger partial charge in [-0.05, 0) is 26.2 Å². The molecule has 8 nitrogen and oxygen atoms in total. The predicted molar refractivity (Wildman–Crippen MR) is 130 cm³/mol. The van der Waals surface area contributed by atoms with E-state index in [9.17, 15) is 4.79 Å². The van der Waals surface area contributed by atoms with E-state index in [1.807, 2.05) is 4.90 Å². The number of fused-ring (bicyclic) bond motifs is 2. The molecular formula is C22H38IN5O3. The fraction of sp³-hybridized carbons (Fsp3) is 0.909. The molecule has 5 aliphatic rings. The first-order valence-electron chi connectivity index (χ1n) is 12.0. The number of carbonyl (C=O) groups is 1. The highest BCUT2D eigenvalue weighted by Gasteiger charge is 2.66. The molecule has 3 aliphatic heterocycles. The van der Waals surface area contributed by atoms with E-state index in [2.05, 4.69) is 22.0 Å². The molecule has 1 amide bonds. The van der Waals surface area contributed by atoms with E-state index in [1.165, 1.54) is 25.7 Å². The summed E-state index contributed by atoms with van der Waals surface area (Å²) in [6.45, 7) is 10.8. The van der Waals surface area contributed by atoms with Gasteiger partial charge in [0.05, 0.1) is 25.9 Å². The number of hydrogen-bond acceptors (Lipinski definition) is 5. The molecule has 3 atom stereocenters. The summed E-state index contributed by atoms with van der Waals surface area (Å²) < 4.78 is 11.4. The zero-order valence-electron chi connectivity index (χ0n) is 18.8. The summed E-state index contributed by atoms with van der Waals surface area (Å²) in [7, 11) is 0. The van der Waals surface area contributed by atoms with Crippen molar-refractivity contribution in [2.75, 3.05) is 72.2 Å². The van der Waals surface area contributed by atoms with Crippen LogP contribution in [0.3, 0.4) is 0 Å². The van der Waals surface area contributed by atoms with Gasteiger partial charge in [-0.15, -0.1) is 24.0 Å². The Balaban J connectivity index is 0.00000231. The summed E-state index contributed by atoms with van der Waals surface area (Å²) in [5.41, 5.74) is 0.363. The van der Waals surface area contributed by atoms with Gasteiger partial charge < -0.3 is 24.6 Å². The van der Waals surface area contributed by atoms with Crippen molar-refractivity contribution in [3.05, 3.63) is 0 Å². The smallest absolute Gasteiger partial charge is 0.236 e. The lowest BCUT2D eigenvalue weighted by molar-refractivity contribution is -0.171. The van der Waals surface area contributed by atoms with Crippen LogP contribution in [0, 0.1) is 11.3 Å². The summed E-state index contributed by atoms with van der Waals surface area (Å²) in [6, 6.07) is 0.518. The number of hydrogen-bond donors (Lipinski definition) is 1. The van der Waals surface area contributed by atoms with Crippen LogP contribution in [0.25, 0.3) is 0 Å². The van der Waals surface area contributed by atoms with Crippen LogP contribution < -0.4 is 5.32 Å². The van der Waals surface area contributed by atoms with Crippen LogP contribution in [0.1, 0.15) is 32.6 Å². The van der Waals surface area contributed by atoms with Gasteiger partial charge >= 0.3 is 0 Å². The molecule has 9 heteroatoms. The Morgan fingerprint density at radius 2 is 1.81 bits per heavy atom. The number of carbonyl (C=O) groups excluding carboxylic acids is 1. The number of guanidine groups is 1. The quantitative estimate of drug-likeness (QED) is 0.322. The molecule has 0 bridgehead atoms. The third-order valence-electron chi connectivity index (χ3n) is 8.02. The Morgan fingerprint density at radius 1 is 1.06 bits per heavy atom. The van der Waals surface area contributed by atoms with Crippen molar-refractivity contribution in [1.82, 2.24) is 20.0 Å². The summed E-state index contributed by atoms with van der Waals surface area (Å²) >= 11 is 0. The summed E-state index contributed by atoms with van der Waals surface area (Å²) in [6.07, 6.45) is 5.59. The van der Waals surface area contributed by atoms with E-state index in [-0.39, 0.29) is 29.9 Å². The van der Waals surface area contributed by atoms with Crippen molar-refractivity contribution >= 4 is 35.8 Å². The highest BCUT2D eigenvalue weighted by molar-refractivity contribution is 14.0. The van der Waals surface area contributed by atoms with Crippen molar-refractivity contribution in [2.24, 2.45) is 16.3 Å². The molecule has 0 aromatic carbocycles. The van der Waals surface area contributed by atoms with Gasteiger partial charge in [0.1, 0.15) is 0 Å². The molecule has 0 aromatic rings. The molecule has 2 saturated carbocycles. The van der Waals surface area contributed by atoms with Gasteiger partial charge in [0.15, 0.2) is 5.96 Å². The Morgan fingerprint density at radius 3 is 2.45 bits per heavy atom. The largest absolute Gasteiger partial charge is 0.378 e. The molecule has 1 N–H and O–H groups in total. The lowest BCUT2D eigenvalue weighted by atomic mass is 9.46. The van der Waals surface area contributed by atoms with E-state index < -0.39 is 0 Å². The van der Waals surface area contributed by atoms with E-state index in [4.69, 9.17) is 14.5 Å². The van der Waals surface area contributed by atoms with Crippen LogP contribution in [0.4, 0.5) is 0 Å². The maximum Gasteiger partial charge on any atom is 0.236 e. The molecule has 0 aromatic heterocycles. The lowest BCUT2D eigenvalue weighted by Crippen LogP contribution is -2.73. The zero-order valence-corrected chi connectivity index (χ0v) is 21.1. The first kappa shape index (κ1) is 23.5. The summed E-state index contributed by atoms with van der Waals surface area (Å²) in [4.78, 5) is 24.0. The van der Waals surface area contributed by atoms with Gasteiger partial charge in [0.25, 0.3) is 0 Å². The topological polar surface area (TPSA) is 69.6 Å². The number of morpholine rings is 1. The van der Waals surface area contributed by atoms with E-state index in [1.54, 1.807) is 0 Å². The fourth-order valence-electron chi connectivity index (χ4n) is 6.20.